The van der Waals surface area contributed by atoms with Gasteiger partial charge >= 0.3 is 0 Å². The van der Waals surface area contributed by atoms with Crippen LogP contribution in [-0.4, -0.2) is 33.0 Å². The molecule has 0 aliphatic rings. The number of ether oxygens (including phenoxy) is 1. The summed E-state index contributed by atoms with van der Waals surface area (Å²) in [5.74, 6) is 0.764. The largest absolute Gasteiger partial charge is 0.480 e. The number of benzene rings is 1. The monoisotopic (exact) mass is 351 g/mol. The molecule has 1 aromatic carbocycles. The van der Waals surface area contributed by atoms with Crippen LogP contribution in [0.5, 0.6) is 5.88 Å². The summed E-state index contributed by atoms with van der Waals surface area (Å²) in [6.45, 7) is 4.06. The van der Waals surface area contributed by atoms with Gasteiger partial charge in [-0.2, -0.15) is 5.10 Å². The lowest BCUT2D eigenvalue weighted by atomic mass is 10.1. The Hall–Kier alpha value is -3.22. The zero-order valence-electron chi connectivity index (χ0n) is 15.1. The Morgan fingerprint density at radius 1 is 1.08 bits per heavy atom. The molecule has 0 fully saturated rings. The Labute approximate surface area is 152 Å². The first-order chi connectivity index (χ1) is 12.7. The Bertz CT molecular complexity index is 885. The van der Waals surface area contributed by atoms with Crippen molar-refractivity contribution >= 4 is 11.6 Å². The predicted molar refractivity (Wildman–Crippen MR) is 98.9 cm³/mol. The fourth-order valence-corrected chi connectivity index (χ4v) is 2.66. The van der Waals surface area contributed by atoms with Crippen LogP contribution in [0.2, 0.25) is 0 Å². The molecule has 7 heteroatoms. The maximum absolute atomic E-state index is 12.7. The van der Waals surface area contributed by atoms with Gasteiger partial charge in [0.1, 0.15) is 0 Å². The summed E-state index contributed by atoms with van der Waals surface area (Å²) in [5, 5.41) is 15.3. The van der Waals surface area contributed by atoms with Crippen LogP contribution >= 0.6 is 0 Å². The van der Waals surface area contributed by atoms with E-state index in [4.69, 9.17) is 4.74 Å². The maximum Gasteiger partial charge on any atom is 0.259 e. The van der Waals surface area contributed by atoms with Crippen LogP contribution in [0.15, 0.2) is 42.6 Å². The van der Waals surface area contributed by atoms with E-state index in [1.54, 1.807) is 23.0 Å². The van der Waals surface area contributed by atoms with Crippen LogP contribution in [0.3, 0.4) is 0 Å². The van der Waals surface area contributed by atoms with E-state index in [1.165, 1.54) is 12.7 Å². The molecule has 0 spiro atoms. The van der Waals surface area contributed by atoms with Gasteiger partial charge in [-0.3, -0.25) is 4.79 Å². The highest BCUT2D eigenvalue weighted by molar-refractivity contribution is 6.05. The first-order valence-electron chi connectivity index (χ1n) is 8.51. The first-order valence-corrected chi connectivity index (χ1v) is 8.51. The zero-order valence-corrected chi connectivity index (χ0v) is 15.1. The second-order valence-electron chi connectivity index (χ2n) is 5.71. The number of anilines is 1. The van der Waals surface area contributed by atoms with Gasteiger partial charge in [-0.15, -0.1) is 10.2 Å². The third-order valence-electron chi connectivity index (χ3n) is 4.12. The van der Waals surface area contributed by atoms with Gasteiger partial charge in [0.05, 0.1) is 24.6 Å². The van der Waals surface area contributed by atoms with E-state index in [1.807, 2.05) is 31.2 Å². The molecule has 2 aromatic heterocycles. The number of nitrogens with zero attached hydrogens (tertiary/aromatic N) is 4. The molecule has 134 valence electrons. The quantitative estimate of drug-likeness (QED) is 0.738. The van der Waals surface area contributed by atoms with Crippen molar-refractivity contribution < 1.29 is 9.53 Å². The minimum atomic E-state index is -0.196. The van der Waals surface area contributed by atoms with Crippen molar-refractivity contribution in [1.82, 2.24) is 20.0 Å². The smallest absolute Gasteiger partial charge is 0.259 e. The summed E-state index contributed by atoms with van der Waals surface area (Å²) in [5.41, 5.74) is 3.27. The number of hydrogen-bond acceptors (Lipinski definition) is 5. The SMILES string of the molecule is CCc1ccc(NC(=O)c2cnn(-c3ccc(OC)nn3)c2CC)cc1. The number of aryl methyl sites for hydroxylation is 1. The number of aromatic nitrogens is 4. The number of nitrogens with one attached hydrogen (secondary N) is 1. The molecule has 3 rings (SSSR count). The second kappa shape index (κ2) is 7.77. The summed E-state index contributed by atoms with van der Waals surface area (Å²) in [6, 6.07) is 11.3. The van der Waals surface area contributed by atoms with E-state index in [0.29, 0.717) is 23.7 Å². The van der Waals surface area contributed by atoms with E-state index in [0.717, 1.165) is 17.8 Å². The molecule has 7 nitrogen and oxygen atoms in total. The maximum atomic E-state index is 12.7. The highest BCUT2D eigenvalue weighted by Crippen LogP contribution is 2.18. The van der Waals surface area contributed by atoms with Crippen molar-refractivity contribution in [3.8, 4) is 11.7 Å². The summed E-state index contributed by atoms with van der Waals surface area (Å²) < 4.78 is 6.65. The van der Waals surface area contributed by atoms with E-state index >= 15 is 0 Å². The Balaban J connectivity index is 1.85. The normalized spacial score (nSPS) is 10.6. The second-order valence-corrected chi connectivity index (χ2v) is 5.71. The molecule has 0 saturated heterocycles. The van der Waals surface area contributed by atoms with Crippen molar-refractivity contribution in [3.05, 3.63) is 59.4 Å². The molecule has 3 aromatic rings. The summed E-state index contributed by atoms with van der Waals surface area (Å²) >= 11 is 0. The van der Waals surface area contributed by atoms with Crippen LogP contribution in [-0.2, 0) is 12.8 Å². The standard InChI is InChI=1S/C19H21N5O2/c1-4-13-6-8-14(9-7-13)21-19(25)15-12-20-24(16(15)5-2)17-10-11-18(26-3)23-22-17/h6-12H,4-5H2,1-3H3,(H,21,25). The Kier molecular flexibility index (Phi) is 5.26. The van der Waals surface area contributed by atoms with Crippen molar-refractivity contribution in [3.63, 3.8) is 0 Å². The van der Waals surface area contributed by atoms with Gasteiger partial charge in [-0.25, -0.2) is 4.68 Å². The minimum absolute atomic E-state index is 0.196. The fraction of sp³-hybridized carbons (Fsp3) is 0.263. The summed E-state index contributed by atoms with van der Waals surface area (Å²) in [7, 11) is 1.53. The van der Waals surface area contributed by atoms with E-state index < -0.39 is 0 Å². The van der Waals surface area contributed by atoms with Gasteiger partial charge in [0.25, 0.3) is 5.91 Å². The van der Waals surface area contributed by atoms with E-state index in [2.05, 4.69) is 27.5 Å². The molecule has 0 unspecified atom stereocenters. The Morgan fingerprint density at radius 2 is 1.85 bits per heavy atom. The highest BCUT2D eigenvalue weighted by atomic mass is 16.5. The first kappa shape index (κ1) is 17.6. The molecule has 0 aliphatic heterocycles. The highest BCUT2D eigenvalue weighted by Gasteiger charge is 2.18. The number of carbonyl (C=O) groups excluding carboxylic acids is 1. The van der Waals surface area contributed by atoms with Gasteiger partial charge in [-0.05, 0) is 36.6 Å². The Morgan fingerprint density at radius 3 is 2.42 bits per heavy atom. The number of carbonyl (C=O) groups is 1. The third kappa shape index (κ3) is 3.56. The van der Waals surface area contributed by atoms with Crippen molar-refractivity contribution in [2.75, 3.05) is 12.4 Å². The number of amides is 1. The number of hydrogen-bond donors (Lipinski definition) is 1. The third-order valence-corrected chi connectivity index (χ3v) is 4.12. The minimum Gasteiger partial charge on any atom is -0.480 e. The molecular formula is C19H21N5O2. The molecule has 0 saturated carbocycles. The lowest BCUT2D eigenvalue weighted by Crippen LogP contribution is -2.14. The van der Waals surface area contributed by atoms with E-state index in [-0.39, 0.29) is 5.91 Å². The van der Waals surface area contributed by atoms with Crippen LogP contribution in [0.25, 0.3) is 5.82 Å². The summed E-state index contributed by atoms with van der Waals surface area (Å²) in [6.07, 6.45) is 3.15. The van der Waals surface area contributed by atoms with Crippen molar-refractivity contribution in [2.45, 2.75) is 26.7 Å². The molecular weight excluding hydrogens is 330 g/mol. The van der Waals surface area contributed by atoms with Crippen molar-refractivity contribution in [2.24, 2.45) is 0 Å². The molecule has 1 N–H and O–H groups in total. The van der Waals surface area contributed by atoms with Gasteiger partial charge in [0.2, 0.25) is 5.88 Å². The molecule has 0 radical (unpaired) electrons. The van der Waals surface area contributed by atoms with Crippen LogP contribution in [0.1, 0.15) is 35.5 Å². The molecule has 1 amide bonds. The lowest BCUT2D eigenvalue weighted by molar-refractivity contribution is 0.102. The van der Waals surface area contributed by atoms with Gasteiger partial charge in [0.15, 0.2) is 5.82 Å². The number of methoxy groups -OCH3 is 1. The topological polar surface area (TPSA) is 81.9 Å². The molecule has 0 atom stereocenters. The van der Waals surface area contributed by atoms with Gasteiger partial charge in [0, 0.05) is 11.8 Å². The van der Waals surface area contributed by atoms with Crippen LogP contribution in [0.4, 0.5) is 5.69 Å². The predicted octanol–water partition coefficient (Wildman–Crippen LogP) is 3.05. The van der Waals surface area contributed by atoms with Crippen molar-refractivity contribution in [1.29, 1.82) is 0 Å². The van der Waals surface area contributed by atoms with Gasteiger partial charge in [-0.1, -0.05) is 26.0 Å². The van der Waals surface area contributed by atoms with E-state index in [9.17, 15) is 4.79 Å². The molecule has 26 heavy (non-hydrogen) atoms. The lowest BCUT2D eigenvalue weighted by Gasteiger charge is -2.08. The van der Waals surface area contributed by atoms with Crippen LogP contribution < -0.4 is 10.1 Å². The summed E-state index contributed by atoms with van der Waals surface area (Å²) in [4.78, 5) is 12.7. The fourth-order valence-electron chi connectivity index (χ4n) is 2.66. The zero-order chi connectivity index (χ0) is 18.5. The molecule has 2 heterocycles. The van der Waals surface area contributed by atoms with Gasteiger partial charge < -0.3 is 10.1 Å². The number of rotatable bonds is 6. The molecule has 0 bridgehead atoms. The van der Waals surface area contributed by atoms with Crippen LogP contribution in [0, 0.1) is 0 Å². The average Bonchev–Trinajstić information content (AvgIpc) is 3.13. The molecule has 0 aliphatic carbocycles. The average molecular weight is 351 g/mol.